The van der Waals surface area contributed by atoms with Crippen LogP contribution < -0.4 is 10.1 Å². The third-order valence-electron chi connectivity index (χ3n) is 2.37. The summed E-state index contributed by atoms with van der Waals surface area (Å²) >= 11 is 1.14. The zero-order valence-corrected chi connectivity index (χ0v) is 11.5. The smallest absolute Gasteiger partial charge is 0.355 e. The maximum atomic E-state index is 12.9. The fourth-order valence-corrected chi connectivity index (χ4v) is 2.13. The average Bonchev–Trinajstić information content (AvgIpc) is 2.92. The molecule has 2 N–H and O–H groups in total. The molecule has 21 heavy (non-hydrogen) atoms. The van der Waals surface area contributed by atoms with Gasteiger partial charge in [0.05, 0.1) is 6.54 Å². The van der Waals surface area contributed by atoms with Crippen molar-refractivity contribution in [3.8, 4) is 5.75 Å². The van der Waals surface area contributed by atoms with Gasteiger partial charge in [-0.1, -0.05) is 6.07 Å². The molecule has 0 aliphatic carbocycles. The van der Waals surface area contributed by atoms with Crippen LogP contribution in [0, 0.1) is 5.82 Å². The van der Waals surface area contributed by atoms with Crippen LogP contribution in [-0.2, 0) is 11.3 Å². The minimum Gasteiger partial charge on any atom is -0.484 e. The van der Waals surface area contributed by atoms with E-state index in [2.05, 4.69) is 10.3 Å². The third-order valence-corrected chi connectivity index (χ3v) is 3.22. The molecule has 1 aromatic carbocycles. The molecule has 0 aliphatic heterocycles. The number of aromatic carboxylic acids is 1. The molecular formula is C13H11FN2O4S. The molecule has 0 atom stereocenters. The van der Waals surface area contributed by atoms with Gasteiger partial charge in [0.25, 0.3) is 5.91 Å². The van der Waals surface area contributed by atoms with Crippen LogP contribution in [0.2, 0.25) is 0 Å². The van der Waals surface area contributed by atoms with Crippen LogP contribution in [-0.4, -0.2) is 28.6 Å². The Morgan fingerprint density at radius 2 is 2.24 bits per heavy atom. The van der Waals surface area contributed by atoms with Crippen LogP contribution in [0.1, 0.15) is 15.5 Å². The van der Waals surface area contributed by atoms with Crippen LogP contribution in [0.25, 0.3) is 0 Å². The van der Waals surface area contributed by atoms with E-state index in [1.165, 1.54) is 29.6 Å². The number of benzene rings is 1. The highest BCUT2D eigenvalue weighted by molar-refractivity contribution is 7.09. The Morgan fingerprint density at radius 1 is 1.43 bits per heavy atom. The van der Waals surface area contributed by atoms with Gasteiger partial charge in [0.15, 0.2) is 12.3 Å². The second-order valence-corrected chi connectivity index (χ2v) is 4.90. The van der Waals surface area contributed by atoms with Gasteiger partial charge in [-0.25, -0.2) is 14.2 Å². The molecule has 0 saturated carbocycles. The SMILES string of the molecule is O=C(COc1cccc(F)c1)NCc1nc(C(=O)O)cs1. The minimum absolute atomic E-state index is 0.0553. The van der Waals surface area contributed by atoms with E-state index in [4.69, 9.17) is 9.84 Å². The van der Waals surface area contributed by atoms with E-state index in [0.717, 1.165) is 11.3 Å². The van der Waals surface area contributed by atoms with E-state index in [1.54, 1.807) is 0 Å². The Labute approximate surface area is 123 Å². The molecule has 1 amide bonds. The fraction of sp³-hybridized carbons (Fsp3) is 0.154. The molecule has 1 heterocycles. The lowest BCUT2D eigenvalue weighted by atomic mass is 10.3. The van der Waals surface area contributed by atoms with E-state index in [9.17, 15) is 14.0 Å². The topological polar surface area (TPSA) is 88.5 Å². The first-order chi connectivity index (χ1) is 10.0. The molecule has 0 radical (unpaired) electrons. The van der Waals surface area contributed by atoms with E-state index in [1.807, 2.05) is 0 Å². The van der Waals surface area contributed by atoms with Gasteiger partial charge in [-0.15, -0.1) is 11.3 Å². The standard InChI is InChI=1S/C13H11FN2O4S/c14-8-2-1-3-9(4-8)20-6-11(17)15-5-12-16-10(7-21-12)13(18)19/h1-4,7H,5-6H2,(H,15,17)(H,18,19). The number of nitrogens with one attached hydrogen (secondary N) is 1. The van der Waals surface area contributed by atoms with Crippen molar-refractivity contribution >= 4 is 23.2 Å². The maximum absolute atomic E-state index is 12.9. The molecule has 6 nitrogen and oxygen atoms in total. The van der Waals surface area contributed by atoms with Gasteiger partial charge in [-0.3, -0.25) is 4.79 Å². The predicted molar refractivity (Wildman–Crippen MR) is 72.8 cm³/mol. The number of carboxylic acids is 1. The molecule has 8 heteroatoms. The van der Waals surface area contributed by atoms with Crippen LogP contribution in [0.3, 0.4) is 0 Å². The molecule has 2 rings (SSSR count). The summed E-state index contributed by atoms with van der Waals surface area (Å²) < 4.78 is 18.0. The van der Waals surface area contributed by atoms with E-state index >= 15 is 0 Å². The Balaban J connectivity index is 1.78. The summed E-state index contributed by atoms with van der Waals surface area (Å²) in [4.78, 5) is 26.0. The quantitative estimate of drug-likeness (QED) is 0.847. The number of carbonyl (C=O) groups is 2. The summed E-state index contributed by atoms with van der Waals surface area (Å²) in [6, 6.07) is 5.46. The summed E-state index contributed by atoms with van der Waals surface area (Å²) in [6.07, 6.45) is 0. The van der Waals surface area contributed by atoms with Gasteiger partial charge in [-0.05, 0) is 12.1 Å². The number of aromatic nitrogens is 1. The molecular weight excluding hydrogens is 299 g/mol. The molecule has 0 bridgehead atoms. The lowest BCUT2D eigenvalue weighted by Crippen LogP contribution is -2.28. The normalized spacial score (nSPS) is 10.1. The van der Waals surface area contributed by atoms with Crippen molar-refractivity contribution in [2.75, 3.05) is 6.61 Å². The predicted octanol–water partition coefficient (Wildman–Crippen LogP) is 1.68. The lowest BCUT2D eigenvalue weighted by Gasteiger charge is -2.06. The van der Waals surface area contributed by atoms with Gasteiger partial charge < -0.3 is 15.2 Å². The highest BCUT2D eigenvalue weighted by atomic mass is 32.1. The van der Waals surface area contributed by atoms with Crippen molar-refractivity contribution in [1.82, 2.24) is 10.3 Å². The van der Waals surface area contributed by atoms with Gasteiger partial charge in [0.1, 0.15) is 16.6 Å². The minimum atomic E-state index is -1.11. The summed E-state index contributed by atoms with van der Waals surface area (Å²) in [5.74, 6) is -1.71. The average molecular weight is 310 g/mol. The van der Waals surface area contributed by atoms with Crippen LogP contribution in [0.4, 0.5) is 4.39 Å². The highest BCUT2D eigenvalue weighted by Crippen LogP contribution is 2.12. The highest BCUT2D eigenvalue weighted by Gasteiger charge is 2.09. The molecule has 0 spiro atoms. The van der Waals surface area contributed by atoms with E-state index < -0.39 is 17.7 Å². The molecule has 0 aliphatic rings. The van der Waals surface area contributed by atoms with E-state index in [0.29, 0.717) is 5.01 Å². The first-order valence-electron chi connectivity index (χ1n) is 5.87. The van der Waals surface area contributed by atoms with E-state index in [-0.39, 0.29) is 24.6 Å². The van der Waals surface area contributed by atoms with Crippen molar-refractivity contribution in [3.05, 3.63) is 46.2 Å². The Bertz CT molecular complexity index is 659. The molecule has 2 aromatic rings. The number of hydrogen-bond acceptors (Lipinski definition) is 5. The van der Waals surface area contributed by atoms with Gasteiger partial charge >= 0.3 is 5.97 Å². The number of carboxylic acid groups (broad SMARTS) is 1. The molecule has 0 fully saturated rings. The monoisotopic (exact) mass is 310 g/mol. The number of nitrogens with zero attached hydrogens (tertiary/aromatic N) is 1. The van der Waals surface area contributed by atoms with Crippen molar-refractivity contribution in [2.45, 2.75) is 6.54 Å². The fourth-order valence-electron chi connectivity index (χ4n) is 1.42. The van der Waals surface area contributed by atoms with Gasteiger partial charge in [-0.2, -0.15) is 0 Å². The number of rotatable bonds is 6. The summed E-state index contributed by atoms with van der Waals surface area (Å²) in [6.45, 7) is -0.149. The van der Waals surface area contributed by atoms with Crippen LogP contribution in [0.5, 0.6) is 5.75 Å². The number of ether oxygens (including phenoxy) is 1. The largest absolute Gasteiger partial charge is 0.484 e. The summed E-state index contributed by atoms with van der Waals surface area (Å²) in [5, 5.41) is 13.1. The Morgan fingerprint density at radius 3 is 2.90 bits per heavy atom. The molecule has 1 aromatic heterocycles. The van der Waals surface area contributed by atoms with Crippen LogP contribution >= 0.6 is 11.3 Å². The second kappa shape index (κ2) is 6.80. The summed E-state index contributed by atoms with van der Waals surface area (Å²) in [7, 11) is 0. The van der Waals surface area contributed by atoms with Crippen molar-refractivity contribution in [2.24, 2.45) is 0 Å². The Hall–Kier alpha value is -2.48. The number of halogens is 1. The number of carbonyl (C=O) groups excluding carboxylic acids is 1. The molecule has 0 saturated heterocycles. The molecule has 0 unspecified atom stereocenters. The zero-order valence-electron chi connectivity index (χ0n) is 10.7. The second-order valence-electron chi connectivity index (χ2n) is 3.95. The first kappa shape index (κ1) is 14.9. The van der Waals surface area contributed by atoms with Crippen molar-refractivity contribution in [3.63, 3.8) is 0 Å². The lowest BCUT2D eigenvalue weighted by molar-refractivity contribution is -0.123. The Kier molecular flexibility index (Phi) is 4.83. The summed E-state index contributed by atoms with van der Waals surface area (Å²) in [5.41, 5.74) is -0.0553. The van der Waals surface area contributed by atoms with Crippen molar-refractivity contribution < 1.29 is 23.8 Å². The first-order valence-corrected chi connectivity index (χ1v) is 6.75. The number of hydrogen-bond donors (Lipinski definition) is 2. The number of amides is 1. The maximum Gasteiger partial charge on any atom is 0.355 e. The van der Waals surface area contributed by atoms with Crippen LogP contribution in [0.15, 0.2) is 29.6 Å². The number of thiazole rings is 1. The van der Waals surface area contributed by atoms with Crippen molar-refractivity contribution in [1.29, 1.82) is 0 Å². The van der Waals surface area contributed by atoms with Gasteiger partial charge in [0, 0.05) is 11.4 Å². The van der Waals surface area contributed by atoms with Gasteiger partial charge in [0.2, 0.25) is 0 Å². The zero-order chi connectivity index (χ0) is 15.2. The molecule has 110 valence electrons. The third kappa shape index (κ3) is 4.53.